The molecule has 6 heteroatoms. The molecule has 3 rings (SSSR count). The fourth-order valence-electron chi connectivity index (χ4n) is 2.69. The molecule has 0 bridgehead atoms. The Morgan fingerprint density at radius 2 is 1.68 bits per heavy atom. The van der Waals surface area contributed by atoms with Crippen molar-refractivity contribution in [2.75, 3.05) is 11.1 Å². The van der Waals surface area contributed by atoms with Crippen LogP contribution in [0.4, 0.5) is 11.4 Å². The average molecular weight is 395 g/mol. The maximum absolute atomic E-state index is 12.6. The Balaban J connectivity index is 1.72. The van der Waals surface area contributed by atoms with Gasteiger partial charge in [0.15, 0.2) is 6.10 Å². The molecular formula is C22H19ClN2O3. The minimum absolute atomic E-state index is 0.161. The quantitative estimate of drug-likeness (QED) is 0.482. The smallest absolute Gasteiger partial charge is 0.341 e. The lowest BCUT2D eigenvalue weighted by molar-refractivity contribution is -0.123. The van der Waals surface area contributed by atoms with Gasteiger partial charge in [-0.2, -0.15) is 0 Å². The van der Waals surface area contributed by atoms with Gasteiger partial charge in [0.25, 0.3) is 5.91 Å². The second kappa shape index (κ2) is 8.59. The molecule has 3 aromatic carbocycles. The van der Waals surface area contributed by atoms with Gasteiger partial charge in [0.05, 0.1) is 5.56 Å². The van der Waals surface area contributed by atoms with Crippen molar-refractivity contribution in [1.29, 1.82) is 0 Å². The first-order chi connectivity index (χ1) is 13.5. The number of nitrogens with two attached hydrogens (primary N) is 1. The van der Waals surface area contributed by atoms with Crippen LogP contribution in [0.5, 0.6) is 0 Å². The largest absolute Gasteiger partial charge is 0.449 e. The molecule has 1 amide bonds. The number of esters is 1. The highest BCUT2D eigenvalue weighted by molar-refractivity contribution is 6.31. The number of anilines is 2. The van der Waals surface area contributed by atoms with Crippen LogP contribution in [0, 0.1) is 0 Å². The van der Waals surface area contributed by atoms with Crippen molar-refractivity contribution in [2.45, 2.75) is 13.0 Å². The molecule has 0 saturated heterocycles. The number of rotatable bonds is 5. The minimum Gasteiger partial charge on any atom is -0.449 e. The summed E-state index contributed by atoms with van der Waals surface area (Å²) in [6, 6.07) is 21.6. The van der Waals surface area contributed by atoms with Crippen LogP contribution in [0.15, 0.2) is 72.8 Å². The molecule has 0 aliphatic carbocycles. The molecule has 0 fully saturated rings. The summed E-state index contributed by atoms with van der Waals surface area (Å²) in [5.74, 6) is -1.13. The zero-order chi connectivity index (χ0) is 20.1. The minimum atomic E-state index is -1.01. The van der Waals surface area contributed by atoms with Crippen molar-refractivity contribution in [3.8, 4) is 11.1 Å². The Morgan fingerprint density at radius 1 is 1.00 bits per heavy atom. The van der Waals surface area contributed by atoms with Crippen molar-refractivity contribution in [2.24, 2.45) is 0 Å². The molecule has 0 aliphatic rings. The van der Waals surface area contributed by atoms with E-state index in [1.807, 2.05) is 48.5 Å². The maximum atomic E-state index is 12.6. The van der Waals surface area contributed by atoms with Gasteiger partial charge in [-0.3, -0.25) is 4.79 Å². The summed E-state index contributed by atoms with van der Waals surface area (Å²) < 4.78 is 5.26. The standard InChI is InChI=1S/C22H19ClN2O3/c1-14(28-22(27)18-12-11-16(23)13-19(18)24)21(26)25-20-10-6-5-9-17(20)15-7-3-2-4-8-15/h2-14H,24H2,1H3,(H,25,26)/t14-/m0/s1. The van der Waals surface area contributed by atoms with Gasteiger partial charge in [0.1, 0.15) is 0 Å². The molecule has 0 radical (unpaired) electrons. The normalized spacial score (nSPS) is 11.5. The van der Waals surface area contributed by atoms with Crippen LogP contribution >= 0.6 is 11.6 Å². The summed E-state index contributed by atoms with van der Waals surface area (Å²) in [5, 5.41) is 3.24. The van der Waals surface area contributed by atoms with E-state index in [4.69, 9.17) is 22.1 Å². The lowest BCUT2D eigenvalue weighted by Gasteiger charge is -2.16. The summed E-state index contributed by atoms with van der Waals surface area (Å²) in [4.78, 5) is 24.9. The van der Waals surface area contributed by atoms with Crippen molar-refractivity contribution >= 4 is 34.9 Å². The molecule has 3 N–H and O–H groups in total. The number of hydrogen-bond donors (Lipinski definition) is 2. The predicted molar refractivity (Wildman–Crippen MR) is 111 cm³/mol. The third-order valence-electron chi connectivity index (χ3n) is 4.16. The first kappa shape index (κ1) is 19.5. The summed E-state index contributed by atoms with van der Waals surface area (Å²) in [5.41, 5.74) is 8.62. The van der Waals surface area contributed by atoms with Gasteiger partial charge in [-0.25, -0.2) is 4.79 Å². The van der Waals surface area contributed by atoms with Crippen LogP contribution in [-0.2, 0) is 9.53 Å². The predicted octanol–water partition coefficient (Wildman–Crippen LogP) is 4.77. The van der Waals surface area contributed by atoms with E-state index in [1.165, 1.54) is 25.1 Å². The molecule has 5 nitrogen and oxygen atoms in total. The first-order valence-electron chi connectivity index (χ1n) is 8.67. The van der Waals surface area contributed by atoms with Gasteiger partial charge in [0.2, 0.25) is 0 Å². The summed E-state index contributed by atoms with van der Waals surface area (Å²) >= 11 is 5.84. The first-order valence-corrected chi connectivity index (χ1v) is 9.05. The number of halogens is 1. The lowest BCUT2D eigenvalue weighted by Crippen LogP contribution is -2.30. The highest BCUT2D eigenvalue weighted by Gasteiger charge is 2.21. The van der Waals surface area contributed by atoms with Gasteiger partial charge < -0.3 is 15.8 Å². The number of amides is 1. The van der Waals surface area contributed by atoms with E-state index in [0.29, 0.717) is 10.7 Å². The molecule has 0 saturated carbocycles. The molecular weight excluding hydrogens is 376 g/mol. The number of carbonyl (C=O) groups is 2. The van der Waals surface area contributed by atoms with Crippen LogP contribution in [0.3, 0.4) is 0 Å². The molecule has 3 aromatic rings. The Kier molecular flexibility index (Phi) is 5.96. The number of nitrogens with one attached hydrogen (secondary N) is 1. The third kappa shape index (κ3) is 4.50. The van der Waals surface area contributed by atoms with E-state index in [2.05, 4.69) is 5.32 Å². The average Bonchev–Trinajstić information content (AvgIpc) is 2.69. The zero-order valence-electron chi connectivity index (χ0n) is 15.2. The van der Waals surface area contributed by atoms with Crippen LogP contribution in [-0.4, -0.2) is 18.0 Å². The Labute approximate surface area is 168 Å². The third-order valence-corrected chi connectivity index (χ3v) is 4.39. The number of benzene rings is 3. The maximum Gasteiger partial charge on any atom is 0.341 e. The molecule has 0 unspecified atom stereocenters. The number of hydrogen-bond acceptors (Lipinski definition) is 4. The second-order valence-corrected chi connectivity index (χ2v) is 6.62. The topological polar surface area (TPSA) is 81.4 Å². The fraction of sp³-hybridized carbons (Fsp3) is 0.0909. The molecule has 0 aliphatic heterocycles. The van der Waals surface area contributed by atoms with Gasteiger partial charge in [-0.15, -0.1) is 0 Å². The van der Waals surface area contributed by atoms with Crippen LogP contribution in [0.1, 0.15) is 17.3 Å². The molecule has 0 aromatic heterocycles. The zero-order valence-corrected chi connectivity index (χ0v) is 15.9. The summed E-state index contributed by atoms with van der Waals surface area (Å²) in [6.45, 7) is 1.50. The van der Waals surface area contributed by atoms with E-state index in [1.54, 1.807) is 6.07 Å². The van der Waals surface area contributed by atoms with Crippen LogP contribution in [0.2, 0.25) is 5.02 Å². The van der Waals surface area contributed by atoms with E-state index >= 15 is 0 Å². The summed E-state index contributed by atoms with van der Waals surface area (Å²) in [6.07, 6.45) is -1.01. The van der Waals surface area contributed by atoms with Crippen LogP contribution in [0.25, 0.3) is 11.1 Å². The van der Waals surface area contributed by atoms with Crippen molar-refractivity contribution in [1.82, 2.24) is 0 Å². The van der Waals surface area contributed by atoms with Crippen molar-refractivity contribution in [3.05, 3.63) is 83.4 Å². The molecule has 28 heavy (non-hydrogen) atoms. The van der Waals surface area contributed by atoms with E-state index in [-0.39, 0.29) is 11.3 Å². The Hall–Kier alpha value is -3.31. The monoisotopic (exact) mass is 394 g/mol. The SMILES string of the molecule is C[C@H](OC(=O)c1ccc(Cl)cc1N)C(=O)Nc1ccccc1-c1ccccc1. The lowest BCUT2D eigenvalue weighted by atomic mass is 10.0. The van der Waals surface area contributed by atoms with Gasteiger partial charge >= 0.3 is 5.97 Å². The van der Waals surface area contributed by atoms with Crippen molar-refractivity contribution < 1.29 is 14.3 Å². The number of carbonyl (C=O) groups excluding carboxylic acids is 2. The highest BCUT2D eigenvalue weighted by Crippen LogP contribution is 2.28. The highest BCUT2D eigenvalue weighted by atomic mass is 35.5. The molecule has 142 valence electrons. The van der Waals surface area contributed by atoms with Crippen molar-refractivity contribution in [3.63, 3.8) is 0 Å². The fourth-order valence-corrected chi connectivity index (χ4v) is 2.87. The summed E-state index contributed by atoms with van der Waals surface area (Å²) in [7, 11) is 0. The molecule has 0 heterocycles. The van der Waals surface area contributed by atoms with Gasteiger partial charge in [-0.05, 0) is 36.8 Å². The number of para-hydroxylation sites is 1. The number of ether oxygens (including phenoxy) is 1. The second-order valence-electron chi connectivity index (χ2n) is 6.18. The Bertz CT molecular complexity index is 1010. The van der Waals surface area contributed by atoms with Crippen LogP contribution < -0.4 is 11.1 Å². The van der Waals surface area contributed by atoms with E-state index in [0.717, 1.165) is 11.1 Å². The van der Waals surface area contributed by atoms with E-state index in [9.17, 15) is 9.59 Å². The Morgan fingerprint density at radius 3 is 2.39 bits per heavy atom. The van der Waals surface area contributed by atoms with E-state index < -0.39 is 18.0 Å². The van der Waals surface area contributed by atoms with Gasteiger partial charge in [0, 0.05) is 22.0 Å². The van der Waals surface area contributed by atoms with Gasteiger partial charge in [-0.1, -0.05) is 60.1 Å². The molecule has 0 spiro atoms. The molecule has 1 atom stereocenters. The number of nitrogen functional groups attached to an aromatic ring is 1.